The van der Waals surface area contributed by atoms with Crippen molar-refractivity contribution in [3.05, 3.63) is 42.5 Å². The summed E-state index contributed by atoms with van der Waals surface area (Å²) < 4.78 is 5.57. The van der Waals surface area contributed by atoms with Crippen LogP contribution in [0.25, 0.3) is 10.8 Å². The number of hydrazone groups is 1. The van der Waals surface area contributed by atoms with E-state index >= 15 is 0 Å². The number of amides is 1. The molecule has 0 spiro atoms. The molecule has 4 nitrogen and oxygen atoms in total. The lowest BCUT2D eigenvalue weighted by molar-refractivity contribution is -0.123. The van der Waals surface area contributed by atoms with Gasteiger partial charge in [0.2, 0.25) is 0 Å². The molecule has 2 rings (SSSR count). The fourth-order valence-corrected chi connectivity index (χ4v) is 1.73. The Morgan fingerprint density at radius 3 is 2.75 bits per heavy atom. The van der Waals surface area contributed by atoms with Crippen molar-refractivity contribution in [1.29, 1.82) is 0 Å². The molecule has 0 aliphatic rings. The number of benzene rings is 2. The van der Waals surface area contributed by atoms with E-state index in [4.69, 9.17) is 4.74 Å². The quantitative estimate of drug-likeness (QED) is 0.670. The van der Waals surface area contributed by atoms with Crippen molar-refractivity contribution < 1.29 is 9.53 Å². The third kappa shape index (κ3) is 3.57. The zero-order valence-electron chi connectivity index (χ0n) is 11.7. The van der Waals surface area contributed by atoms with Gasteiger partial charge in [0.1, 0.15) is 5.75 Å². The molecule has 0 aliphatic carbocycles. The maximum absolute atomic E-state index is 11.6. The Hall–Kier alpha value is -2.36. The second-order valence-electron chi connectivity index (χ2n) is 4.50. The van der Waals surface area contributed by atoms with Crippen LogP contribution in [0.5, 0.6) is 5.75 Å². The lowest BCUT2D eigenvalue weighted by Gasteiger charge is -2.08. The van der Waals surface area contributed by atoms with Gasteiger partial charge in [0.15, 0.2) is 6.61 Å². The molecule has 0 fully saturated rings. The van der Waals surface area contributed by atoms with Gasteiger partial charge in [-0.3, -0.25) is 4.79 Å². The molecule has 2 aromatic rings. The summed E-state index contributed by atoms with van der Waals surface area (Å²) >= 11 is 0. The van der Waals surface area contributed by atoms with Gasteiger partial charge in [-0.05, 0) is 24.8 Å². The first kappa shape index (κ1) is 14.1. The zero-order valence-corrected chi connectivity index (χ0v) is 11.7. The van der Waals surface area contributed by atoms with Crippen LogP contribution in [0.3, 0.4) is 0 Å². The van der Waals surface area contributed by atoms with Crippen molar-refractivity contribution >= 4 is 22.4 Å². The van der Waals surface area contributed by atoms with Gasteiger partial charge in [-0.1, -0.05) is 43.3 Å². The second kappa shape index (κ2) is 6.70. The van der Waals surface area contributed by atoms with Gasteiger partial charge in [-0.25, -0.2) is 5.43 Å². The summed E-state index contributed by atoms with van der Waals surface area (Å²) in [4.78, 5) is 11.6. The third-order valence-electron chi connectivity index (χ3n) is 2.99. The number of rotatable bonds is 5. The van der Waals surface area contributed by atoms with E-state index in [1.807, 2.05) is 56.3 Å². The van der Waals surface area contributed by atoms with Crippen LogP contribution in [0.15, 0.2) is 47.6 Å². The fraction of sp³-hybridized carbons (Fsp3) is 0.250. The molecule has 1 amide bonds. The van der Waals surface area contributed by atoms with E-state index in [0.717, 1.165) is 22.9 Å². The van der Waals surface area contributed by atoms with Crippen LogP contribution in [0, 0.1) is 0 Å². The monoisotopic (exact) mass is 270 g/mol. The standard InChI is InChI=1S/C16H18N2O2/c1-3-12(2)17-18-16(19)11-20-15-10-6-8-13-7-4-5-9-14(13)15/h4-10H,3,11H2,1-2H3,(H,18,19)/b17-12-. The summed E-state index contributed by atoms with van der Waals surface area (Å²) in [6.45, 7) is 3.80. The molecule has 0 atom stereocenters. The zero-order chi connectivity index (χ0) is 14.4. The van der Waals surface area contributed by atoms with E-state index in [-0.39, 0.29) is 12.5 Å². The summed E-state index contributed by atoms with van der Waals surface area (Å²) in [7, 11) is 0. The molecule has 4 heteroatoms. The van der Waals surface area contributed by atoms with Gasteiger partial charge in [0.05, 0.1) is 0 Å². The van der Waals surface area contributed by atoms with Crippen LogP contribution in [0.4, 0.5) is 0 Å². The van der Waals surface area contributed by atoms with E-state index in [9.17, 15) is 4.79 Å². The van der Waals surface area contributed by atoms with Crippen molar-refractivity contribution in [1.82, 2.24) is 5.43 Å². The smallest absolute Gasteiger partial charge is 0.277 e. The number of fused-ring (bicyclic) bond motifs is 1. The number of nitrogens with one attached hydrogen (secondary N) is 1. The summed E-state index contributed by atoms with van der Waals surface area (Å²) in [6.07, 6.45) is 0.810. The molecule has 0 heterocycles. The van der Waals surface area contributed by atoms with Crippen LogP contribution in [0.2, 0.25) is 0 Å². The van der Waals surface area contributed by atoms with E-state index in [2.05, 4.69) is 10.5 Å². The second-order valence-corrected chi connectivity index (χ2v) is 4.50. The van der Waals surface area contributed by atoms with Crippen molar-refractivity contribution in [2.75, 3.05) is 6.61 Å². The number of carbonyl (C=O) groups excluding carboxylic acids is 1. The van der Waals surface area contributed by atoms with E-state index in [0.29, 0.717) is 5.75 Å². The van der Waals surface area contributed by atoms with Crippen LogP contribution in [0.1, 0.15) is 20.3 Å². The van der Waals surface area contributed by atoms with Crippen LogP contribution in [-0.4, -0.2) is 18.2 Å². The minimum atomic E-state index is -0.259. The highest BCUT2D eigenvalue weighted by molar-refractivity contribution is 5.89. The molecule has 0 aliphatic heterocycles. The Morgan fingerprint density at radius 1 is 1.20 bits per heavy atom. The first-order chi connectivity index (χ1) is 9.70. The van der Waals surface area contributed by atoms with Gasteiger partial charge >= 0.3 is 0 Å². The molecule has 0 unspecified atom stereocenters. The van der Waals surface area contributed by atoms with Crippen molar-refractivity contribution in [3.8, 4) is 5.75 Å². The highest BCUT2D eigenvalue weighted by atomic mass is 16.5. The topological polar surface area (TPSA) is 50.7 Å². The Morgan fingerprint density at radius 2 is 1.95 bits per heavy atom. The van der Waals surface area contributed by atoms with Crippen LogP contribution < -0.4 is 10.2 Å². The molecule has 20 heavy (non-hydrogen) atoms. The molecular weight excluding hydrogens is 252 g/mol. The van der Waals surface area contributed by atoms with Gasteiger partial charge in [-0.15, -0.1) is 0 Å². The highest BCUT2D eigenvalue weighted by Crippen LogP contribution is 2.24. The summed E-state index contributed by atoms with van der Waals surface area (Å²) in [5, 5.41) is 6.04. The minimum absolute atomic E-state index is 0.0471. The van der Waals surface area contributed by atoms with Crippen LogP contribution >= 0.6 is 0 Å². The maximum Gasteiger partial charge on any atom is 0.277 e. The van der Waals surface area contributed by atoms with Gasteiger partial charge < -0.3 is 4.74 Å². The van der Waals surface area contributed by atoms with Crippen LogP contribution in [-0.2, 0) is 4.79 Å². The average Bonchev–Trinajstić information content (AvgIpc) is 2.50. The summed E-state index contributed by atoms with van der Waals surface area (Å²) in [5.74, 6) is 0.445. The first-order valence-electron chi connectivity index (χ1n) is 6.63. The Labute approximate surface area is 118 Å². The van der Waals surface area contributed by atoms with E-state index in [1.165, 1.54) is 0 Å². The molecular formula is C16H18N2O2. The Balaban J connectivity index is 2.01. The number of nitrogens with zero attached hydrogens (tertiary/aromatic N) is 1. The predicted molar refractivity (Wildman–Crippen MR) is 81.0 cm³/mol. The molecule has 1 N–H and O–H groups in total. The molecule has 0 saturated heterocycles. The summed E-state index contributed by atoms with van der Waals surface area (Å²) in [5.41, 5.74) is 3.35. The van der Waals surface area contributed by atoms with Gasteiger partial charge in [0, 0.05) is 11.1 Å². The molecule has 2 aromatic carbocycles. The molecule has 0 saturated carbocycles. The first-order valence-corrected chi connectivity index (χ1v) is 6.63. The van der Waals surface area contributed by atoms with E-state index in [1.54, 1.807) is 0 Å². The van der Waals surface area contributed by atoms with E-state index < -0.39 is 0 Å². The molecule has 0 radical (unpaired) electrons. The van der Waals surface area contributed by atoms with Crippen molar-refractivity contribution in [2.24, 2.45) is 5.10 Å². The SMILES string of the molecule is CC/C(C)=N\NC(=O)COc1cccc2ccccc12. The minimum Gasteiger partial charge on any atom is -0.483 e. The molecule has 0 aromatic heterocycles. The molecule has 0 bridgehead atoms. The van der Waals surface area contributed by atoms with Crippen molar-refractivity contribution in [3.63, 3.8) is 0 Å². The number of hydrogen-bond acceptors (Lipinski definition) is 3. The lowest BCUT2D eigenvalue weighted by atomic mass is 10.1. The normalized spacial score (nSPS) is 11.4. The summed E-state index contributed by atoms with van der Waals surface area (Å²) in [6, 6.07) is 13.7. The Bertz CT molecular complexity index is 630. The fourth-order valence-electron chi connectivity index (χ4n) is 1.73. The molecule has 104 valence electrons. The maximum atomic E-state index is 11.6. The average molecular weight is 270 g/mol. The van der Waals surface area contributed by atoms with Crippen molar-refractivity contribution in [2.45, 2.75) is 20.3 Å². The number of carbonyl (C=O) groups is 1. The predicted octanol–water partition coefficient (Wildman–Crippen LogP) is 3.12. The lowest BCUT2D eigenvalue weighted by Crippen LogP contribution is -2.25. The highest BCUT2D eigenvalue weighted by Gasteiger charge is 2.05. The number of hydrogen-bond donors (Lipinski definition) is 1. The third-order valence-corrected chi connectivity index (χ3v) is 2.99. The van der Waals surface area contributed by atoms with Gasteiger partial charge in [-0.2, -0.15) is 5.10 Å². The largest absolute Gasteiger partial charge is 0.483 e. The van der Waals surface area contributed by atoms with Gasteiger partial charge in [0.25, 0.3) is 5.91 Å². The number of ether oxygens (including phenoxy) is 1. The Kier molecular flexibility index (Phi) is 4.71.